The smallest absolute Gasteiger partial charge is 0.416 e. The van der Waals surface area contributed by atoms with Crippen molar-refractivity contribution < 1.29 is 31.4 Å². The van der Waals surface area contributed by atoms with E-state index in [1.54, 1.807) is 0 Å². The lowest BCUT2D eigenvalue weighted by molar-refractivity contribution is -0.143. The second-order valence-electron chi connectivity index (χ2n) is 4.25. The van der Waals surface area contributed by atoms with Crippen molar-refractivity contribution in [3.8, 4) is 5.88 Å². The molecule has 0 atom stereocenters. The summed E-state index contributed by atoms with van der Waals surface area (Å²) in [6, 6.07) is 0.972. The van der Waals surface area contributed by atoms with E-state index in [1.807, 2.05) is 0 Å². The molecule has 2 N–H and O–H groups in total. The van der Waals surface area contributed by atoms with Crippen molar-refractivity contribution in [1.29, 1.82) is 0 Å². The molecule has 2 rings (SSSR count). The van der Waals surface area contributed by atoms with Crippen LogP contribution >= 0.6 is 23.6 Å². The van der Waals surface area contributed by atoms with Crippen molar-refractivity contribution in [2.45, 2.75) is 12.4 Å². The van der Waals surface area contributed by atoms with Crippen LogP contribution in [-0.2, 0) is 12.4 Å². The molecule has 0 amide bonds. The van der Waals surface area contributed by atoms with Crippen LogP contribution in [0.2, 0.25) is 0 Å². The number of aromatic amines is 1. The molecule has 1 aromatic carbocycles. The standard InChI is InChI=1S/C12H6F6N2OS2/c13-11(14,15)5-1-6(12(16,17)18)3-7(2-5)19-4-8-9(21)20-10(22)23-8/h1-4,21H,(H,20,22). The summed E-state index contributed by atoms with van der Waals surface area (Å²) in [4.78, 5) is 6.00. The molecule has 0 bridgehead atoms. The Hall–Kier alpha value is -1.88. The Bertz CT molecular complexity index is 771. The molecule has 0 saturated heterocycles. The zero-order valence-electron chi connectivity index (χ0n) is 10.8. The lowest BCUT2D eigenvalue weighted by Gasteiger charge is -2.12. The third-order valence-corrected chi connectivity index (χ3v) is 3.72. The number of aromatic hydroxyl groups is 1. The van der Waals surface area contributed by atoms with E-state index in [-0.39, 0.29) is 20.8 Å². The van der Waals surface area contributed by atoms with E-state index in [0.29, 0.717) is 12.1 Å². The predicted octanol–water partition coefficient (Wildman–Crippen LogP) is 5.30. The maximum absolute atomic E-state index is 12.7. The number of rotatable bonds is 2. The molecule has 0 fully saturated rings. The monoisotopic (exact) mass is 372 g/mol. The molecule has 11 heteroatoms. The average Bonchev–Trinajstić information content (AvgIpc) is 2.72. The first-order valence-corrected chi connectivity index (χ1v) is 6.95. The van der Waals surface area contributed by atoms with Crippen molar-refractivity contribution >= 4 is 35.5 Å². The van der Waals surface area contributed by atoms with Crippen LogP contribution in [0, 0.1) is 3.95 Å². The summed E-state index contributed by atoms with van der Waals surface area (Å²) in [6.45, 7) is 0. The quantitative estimate of drug-likeness (QED) is 0.427. The van der Waals surface area contributed by atoms with Crippen molar-refractivity contribution in [3.63, 3.8) is 0 Å². The number of hydrogen-bond donors (Lipinski definition) is 2. The fourth-order valence-corrected chi connectivity index (χ4v) is 2.53. The maximum Gasteiger partial charge on any atom is 0.416 e. The van der Waals surface area contributed by atoms with Gasteiger partial charge in [0, 0.05) is 0 Å². The van der Waals surface area contributed by atoms with E-state index >= 15 is 0 Å². The SMILES string of the molecule is Oc1[nH]c(=S)sc1C=Nc1cc(C(F)(F)F)cc(C(F)(F)F)c1. The number of halogens is 6. The van der Waals surface area contributed by atoms with E-state index in [9.17, 15) is 31.4 Å². The second kappa shape index (κ2) is 5.96. The van der Waals surface area contributed by atoms with E-state index < -0.39 is 29.2 Å². The predicted molar refractivity (Wildman–Crippen MR) is 74.9 cm³/mol. The lowest BCUT2D eigenvalue weighted by atomic mass is 10.1. The van der Waals surface area contributed by atoms with Gasteiger partial charge in [0.1, 0.15) is 4.88 Å². The number of nitrogens with zero attached hydrogens (tertiary/aromatic N) is 1. The zero-order valence-corrected chi connectivity index (χ0v) is 12.4. The summed E-state index contributed by atoms with van der Waals surface area (Å²) in [5, 5.41) is 9.41. The highest BCUT2D eigenvalue weighted by molar-refractivity contribution is 7.73. The Morgan fingerprint density at radius 2 is 1.57 bits per heavy atom. The van der Waals surface area contributed by atoms with Gasteiger partial charge in [0.25, 0.3) is 0 Å². The first-order valence-electron chi connectivity index (χ1n) is 5.72. The van der Waals surface area contributed by atoms with Gasteiger partial charge in [-0.25, -0.2) is 0 Å². The largest absolute Gasteiger partial charge is 0.494 e. The molecule has 3 nitrogen and oxygen atoms in total. The van der Waals surface area contributed by atoms with Crippen molar-refractivity contribution in [2.75, 3.05) is 0 Å². The van der Waals surface area contributed by atoms with Gasteiger partial charge in [-0.1, -0.05) is 11.3 Å². The minimum absolute atomic E-state index is 0.0107. The molecule has 1 aromatic heterocycles. The van der Waals surface area contributed by atoms with E-state index in [2.05, 4.69) is 9.98 Å². The van der Waals surface area contributed by atoms with Gasteiger partial charge in [-0.05, 0) is 30.4 Å². The number of H-pyrrole nitrogens is 1. The summed E-state index contributed by atoms with van der Waals surface area (Å²) < 4.78 is 76.3. The van der Waals surface area contributed by atoms with Crippen molar-refractivity contribution in [2.24, 2.45) is 4.99 Å². The molecule has 23 heavy (non-hydrogen) atoms. The number of hydrogen-bond acceptors (Lipinski definition) is 4. The van der Waals surface area contributed by atoms with Crippen LogP contribution in [-0.4, -0.2) is 16.3 Å². The molecule has 124 valence electrons. The highest BCUT2D eigenvalue weighted by atomic mass is 32.1. The number of nitrogens with one attached hydrogen (secondary N) is 1. The van der Waals surface area contributed by atoms with Gasteiger partial charge in [0.05, 0.1) is 23.0 Å². The van der Waals surface area contributed by atoms with Gasteiger partial charge in [-0.3, -0.25) is 4.99 Å². The molecule has 0 radical (unpaired) electrons. The third kappa shape index (κ3) is 4.32. The van der Waals surface area contributed by atoms with Crippen LogP contribution in [0.1, 0.15) is 16.0 Å². The van der Waals surface area contributed by atoms with Crippen LogP contribution in [0.15, 0.2) is 23.2 Å². The van der Waals surface area contributed by atoms with Crippen LogP contribution in [0.25, 0.3) is 0 Å². The van der Waals surface area contributed by atoms with E-state index in [0.717, 1.165) is 17.6 Å². The summed E-state index contributed by atoms with van der Waals surface area (Å²) in [5.74, 6) is -0.369. The molecule has 1 heterocycles. The highest BCUT2D eigenvalue weighted by Gasteiger charge is 2.36. The van der Waals surface area contributed by atoms with Gasteiger partial charge in [0.2, 0.25) is 5.88 Å². The van der Waals surface area contributed by atoms with Crippen LogP contribution in [0.5, 0.6) is 5.88 Å². The molecule has 0 aliphatic rings. The van der Waals surface area contributed by atoms with Crippen molar-refractivity contribution in [1.82, 2.24) is 4.98 Å². The summed E-state index contributed by atoms with van der Waals surface area (Å²) in [6.07, 6.45) is -8.96. The molecule has 0 aliphatic heterocycles. The topological polar surface area (TPSA) is 48.4 Å². The van der Waals surface area contributed by atoms with Gasteiger partial charge in [-0.2, -0.15) is 26.3 Å². The third-order valence-electron chi connectivity index (χ3n) is 2.56. The highest BCUT2D eigenvalue weighted by Crippen LogP contribution is 2.38. The summed E-state index contributed by atoms with van der Waals surface area (Å²) in [7, 11) is 0. The fraction of sp³-hybridized carbons (Fsp3) is 0.167. The number of benzene rings is 1. The van der Waals surface area contributed by atoms with Crippen LogP contribution in [0.4, 0.5) is 32.0 Å². The maximum atomic E-state index is 12.7. The molecule has 0 unspecified atom stereocenters. The molecular weight excluding hydrogens is 366 g/mol. The molecule has 0 saturated carbocycles. The number of thiazole rings is 1. The Morgan fingerprint density at radius 3 is 1.96 bits per heavy atom. The summed E-state index contributed by atoms with van der Waals surface area (Å²) >= 11 is 5.60. The van der Waals surface area contributed by atoms with Crippen LogP contribution < -0.4 is 0 Å². The minimum Gasteiger partial charge on any atom is -0.494 e. The van der Waals surface area contributed by atoms with Gasteiger partial charge >= 0.3 is 12.4 Å². The molecule has 2 aromatic rings. The average molecular weight is 372 g/mol. The Balaban J connectivity index is 2.49. The van der Waals surface area contributed by atoms with Gasteiger partial charge in [0.15, 0.2) is 3.95 Å². The molecule has 0 spiro atoms. The Labute approximate surface area is 133 Å². The fourth-order valence-electron chi connectivity index (χ4n) is 1.57. The first-order chi connectivity index (χ1) is 10.5. The van der Waals surface area contributed by atoms with Crippen molar-refractivity contribution in [3.05, 3.63) is 38.2 Å². The Morgan fingerprint density at radius 1 is 1.04 bits per heavy atom. The first kappa shape index (κ1) is 17.5. The van der Waals surface area contributed by atoms with E-state index in [1.165, 1.54) is 0 Å². The van der Waals surface area contributed by atoms with E-state index in [4.69, 9.17) is 12.2 Å². The lowest BCUT2D eigenvalue weighted by Crippen LogP contribution is -2.10. The zero-order chi connectivity index (χ0) is 17.4. The summed E-state index contributed by atoms with van der Waals surface area (Å²) in [5.41, 5.74) is -3.48. The minimum atomic E-state index is -4.95. The number of aliphatic imine (C=N–C) groups is 1. The van der Waals surface area contributed by atoms with Gasteiger partial charge in [-0.15, -0.1) is 0 Å². The van der Waals surface area contributed by atoms with Gasteiger partial charge < -0.3 is 10.1 Å². The second-order valence-corrected chi connectivity index (χ2v) is 5.97. The molecular formula is C12H6F6N2OS2. The normalized spacial score (nSPS) is 13.0. The molecule has 0 aliphatic carbocycles. The number of alkyl halides is 6. The Kier molecular flexibility index (Phi) is 4.53. The number of aromatic nitrogens is 1. The van der Waals surface area contributed by atoms with Crippen LogP contribution in [0.3, 0.4) is 0 Å².